The fourth-order valence-corrected chi connectivity index (χ4v) is 2.55. The van der Waals surface area contributed by atoms with E-state index in [9.17, 15) is 0 Å². The monoisotopic (exact) mass is 312 g/mol. The molecule has 0 spiro atoms. The van der Waals surface area contributed by atoms with Crippen LogP contribution in [0.15, 0.2) is 24.3 Å². The van der Waals surface area contributed by atoms with Crippen LogP contribution in [-0.2, 0) is 4.74 Å². The van der Waals surface area contributed by atoms with Gasteiger partial charge in [-0.05, 0) is 51.1 Å². The van der Waals surface area contributed by atoms with Crippen LogP contribution in [0, 0.1) is 0 Å². The van der Waals surface area contributed by atoms with E-state index in [0.717, 1.165) is 37.6 Å². The van der Waals surface area contributed by atoms with Crippen molar-refractivity contribution in [3.8, 4) is 0 Å². The van der Waals surface area contributed by atoms with Gasteiger partial charge in [-0.1, -0.05) is 30.7 Å². The van der Waals surface area contributed by atoms with E-state index in [4.69, 9.17) is 16.3 Å². The zero-order valence-electron chi connectivity index (χ0n) is 13.7. The summed E-state index contributed by atoms with van der Waals surface area (Å²) in [6.45, 7) is 7.19. The van der Waals surface area contributed by atoms with Crippen molar-refractivity contribution >= 4 is 11.6 Å². The quantitative estimate of drug-likeness (QED) is 0.712. The zero-order valence-corrected chi connectivity index (χ0v) is 14.5. The SMILES string of the molecule is CCCNC(CCN(C)C(C)COC)c1cccc(Cl)c1. The predicted molar refractivity (Wildman–Crippen MR) is 91.1 cm³/mol. The number of nitrogens with zero attached hydrogens (tertiary/aromatic N) is 1. The molecule has 1 rings (SSSR count). The molecule has 1 aromatic carbocycles. The molecule has 0 bridgehead atoms. The highest BCUT2D eigenvalue weighted by Gasteiger charge is 2.14. The summed E-state index contributed by atoms with van der Waals surface area (Å²) in [5.41, 5.74) is 1.27. The van der Waals surface area contributed by atoms with Crippen molar-refractivity contribution in [2.45, 2.75) is 38.8 Å². The third kappa shape index (κ3) is 6.79. The Hall–Kier alpha value is -0.610. The maximum atomic E-state index is 6.12. The molecule has 21 heavy (non-hydrogen) atoms. The summed E-state index contributed by atoms with van der Waals surface area (Å²) in [5.74, 6) is 0. The molecule has 1 N–H and O–H groups in total. The fourth-order valence-electron chi connectivity index (χ4n) is 2.35. The fraction of sp³-hybridized carbons (Fsp3) is 0.647. The van der Waals surface area contributed by atoms with Gasteiger partial charge < -0.3 is 15.0 Å². The van der Waals surface area contributed by atoms with Crippen molar-refractivity contribution < 1.29 is 4.74 Å². The Morgan fingerprint density at radius 2 is 2.14 bits per heavy atom. The van der Waals surface area contributed by atoms with Gasteiger partial charge in [-0.25, -0.2) is 0 Å². The summed E-state index contributed by atoms with van der Waals surface area (Å²) in [7, 11) is 3.90. The lowest BCUT2D eigenvalue weighted by Crippen LogP contribution is -2.35. The van der Waals surface area contributed by atoms with Crippen LogP contribution in [-0.4, -0.2) is 44.8 Å². The highest BCUT2D eigenvalue weighted by atomic mass is 35.5. The number of methoxy groups -OCH3 is 1. The lowest BCUT2D eigenvalue weighted by molar-refractivity contribution is 0.113. The van der Waals surface area contributed by atoms with Crippen LogP contribution in [0.25, 0.3) is 0 Å². The average molecular weight is 313 g/mol. The van der Waals surface area contributed by atoms with E-state index in [0.29, 0.717) is 12.1 Å². The number of hydrogen-bond donors (Lipinski definition) is 1. The Morgan fingerprint density at radius 1 is 1.38 bits per heavy atom. The van der Waals surface area contributed by atoms with E-state index in [-0.39, 0.29) is 0 Å². The van der Waals surface area contributed by atoms with E-state index >= 15 is 0 Å². The summed E-state index contributed by atoms with van der Waals surface area (Å²) >= 11 is 6.12. The molecule has 0 saturated carbocycles. The number of hydrogen-bond acceptors (Lipinski definition) is 3. The minimum Gasteiger partial charge on any atom is -0.383 e. The molecule has 0 aromatic heterocycles. The maximum Gasteiger partial charge on any atom is 0.0615 e. The Kier molecular flexibility index (Phi) is 8.93. The lowest BCUT2D eigenvalue weighted by Gasteiger charge is -2.27. The van der Waals surface area contributed by atoms with Gasteiger partial charge in [-0.3, -0.25) is 0 Å². The number of rotatable bonds is 10. The van der Waals surface area contributed by atoms with Crippen LogP contribution < -0.4 is 5.32 Å². The highest BCUT2D eigenvalue weighted by Crippen LogP contribution is 2.21. The van der Waals surface area contributed by atoms with Gasteiger partial charge in [0.05, 0.1) is 6.61 Å². The molecular formula is C17H29ClN2O. The van der Waals surface area contributed by atoms with E-state index in [1.165, 1.54) is 5.56 Å². The topological polar surface area (TPSA) is 24.5 Å². The highest BCUT2D eigenvalue weighted by molar-refractivity contribution is 6.30. The molecule has 0 aliphatic carbocycles. The van der Waals surface area contributed by atoms with E-state index in [2.05, 4.69) is 43.2 Å². The van der Waals surface area contributed by atoms with Gasteiger partial charge in [-0.2, -0.15) is 0 Å². The first-order chi connectivity index (χ1) is 10.1. The number of benzene rings is 1. The van der Waals surface area contributed by atoms with E-state index < -0.39 is 0 Å². The van der Waals surface area contributed by atoms with Crippen LogP contribution >= 0.6 is 11.6 Å². The van der Waals surface area contributed by atoms with Crippen molar-refractivity contribution in [1.29, 1.82) is 0 Å². The van der Waals surface area contributed by atoms with Gasteiger partial charge in [0.1, 0.15) is 0 Å². The van der Waals surface area contributed by atoms with Crippen LogP contribution in [0.2, 0.25) is 5.02 Å². The second-order valence-electron chi connectivity index (χ2n) is 5.64. The molecule has 3 nitrogen and oxygen atoms in total. The molecule has 0 fully saturated rings. The van der Waals surface area contributed by atoms with Crippen LogP contribution in [0.5, 0.6) is 0 Å². The second kappa shape index (κ2) is 10.2. The summed E-state index contributed by atoms with van der Waals surface area (Å²) in [5, 5.41) is 4.43. The van der Waals surface area contributed by atoms with E-state index in [1.54, 1.807) is 7.11 Å². The largest absolute Gasteiger partial charge is 0.383 e. The van der Waals surface area contributed by atoms with Crippen molar-refractivity contribution in [3.05, 3.63) is 34.9 Å². The molecule has 0 aliphatic heterocycles. The van der Waals surface area contributed by atoms with E-state index in [1.807, 2.05) is 12.1 Å². The lowest BCUT2D eigenvalue weighted by atomic mass is 10.0. The van der Waals surface area contributed by atoms with Gasteiger partial charge in [0, 0.05) is 30.8 Å². The first-order valence-electron chi connectivity index (χ1n) is 7.76. The molecule has 0 heterocycles. The summed E-state index contributed by atoms with van der Waals surface area (Å²) in [6, 6.07) is 8.94. The zero-order chi connectivity index (χ0) is 15.7. The molecule has 120 valence electrons. The molecule has 0 saturated heterocycles. The number of nitrogens with one attached hydrogen (secondary N) is 1. The van der Waals surface area contributed by atoms with Gasteiger partial charge in [0.2, 0.25) is 0 Å². The molecule has 2 unspecified atom stereocenters. The molecule has 0 aliphatic rings. The minimum atomic E-state index is 0.348. The van der Waals surface area contributed by atoms with Crippen LogP contribution in [0.1, 0.15) is 38.3 Å². The van der Waals surface area contributed by atoms with Gasteiger partial charge in [-0.15, -0.1) is 0 Å². The third-order valence-corrected chi connectivity index (χ3v) is 4.06. The first-order valence-corrected chi connectivity index (χ1v) is 8.14. The Balaban J connectivity index is 2.62. The number of ether oxygens (including phenoxy) is 1. The predicted octanol–water partition coefficient (Wildman–Crippen LogP) is 3.74. The molecule has 0 amide bonds. The van der Waals surface area contributed by atoms with Crippen LogP contribution in [0.3, 0.4) is 0 Å². The number of halogens is 1. The van der Waals surface area contributed by atoms with Gasteiger partial charge >= 0.3 is 0 Å². The second-order valence-corrected chi connectivity index (χ2v) is 6.07. The number of likely N-dealkylation sites (N-methyl/N-ethyl adjacent to an activating group) is 1. The molecule has 0 radical (unpaired) electrons. The Morgan fingerprint density at radius 3 is 2.76 bits per heavy atom. The maximum absolute atomic E-state index is 6.12. The smallest absolute Gasteiger partial charge is 0.0615 e. The van der Waals surface area contributed by atoms with Gasteiger partial charge in [0.25, 0.3) is 0 Å². The summed E-state index contributed by atoms with van der Waals surface area (Å²) in [4.78, 5) is 2.34. The van der Waals surface area contributed by atoms with Crippen molar-refractivity contribution in [1.82, 2.24) is 10.2 Å². The minimum absolute atomic E-state index is 0.348. The third-order valence-electron chi connectivity index (χ3n) is 3.82. The summed E-state index contributed by atoms with van der Waals surface area (Å²) < 4.78 is 5.22. The molecule has 1 aromatic rings. The average Bonchev–Trinajstić information content (AvgIpc) is 2.47. The summed E-state index contributed by atoms with van der Waals surface area (Å²) in [6.07, 6.45) is 2.19. The molecule has 2 atom stereocenters. The first kappa shape index (κ1) is 18.4. The van der Waals surface area contributed by atoms with Gasteiger partial charge in [0.15, 0.2) is 0 Å². The standard InChI is InChI=1S/C17H29ClN2O/c1-5-10-19-17(15-7-6-8-16(18)12-15)9-11-20(3)14(2)13-21-4/h6-8,12,14,17,19H,5,9-11,13H2,1-4H3. The van der Waals surface area contributed by atoms with Crippen molar-refractivity contribution in [3.63, 3.8) is 0 Å². The van der Waals surface area contributed by atoms with Crippen molar-refractivity contribution in [2.75, 3.05) is 33.9 Å². The normalized spacial score (nSPS) is 14.4. The van der Waals surface area contributed by atoms with Crippen molar-refractivity contribution in [2.24, 2.45) is 0 Å². The Bertz CT molecular complexity index is 400. The molecular weight excluding hydrogens is 284 g/mol. The van der Waals surface area contributed by atoms with Crippen LogP contribution in [0.4, 0.5) is 0 Å². The Labute approximate surface area is 134 Å². The molecule has 4 heteroatoms.